The molecule has 3 heteroatoms. The average molecular weight is 194 g/mol. The quantitative estimate of drug-likeness (QED) is 0.743. The fraction of sp³-hybridized carbons (Fsp3) is 0.455. The summed E-state index contributed by atoms with van der Waals surface area (Å²) in [6.07, 6.45) is 0. The molecule has 0 saturated heterocycles. The Morgan fingerprint density at radius 1 is 1.43 bits per heavy atom. The molecule has 3 nitrogen and oxygen atoms in total. The van der Waals surface area contributed by atoms with Gasteiger partial charge in [-0.3, -0.25) is 0 Å². The zero-order valence-electron chi connectivity index (χ0n) is 8.79. The van der Waals surface area contributed by atoms with Crippen molar-refractivity contribution in [1.82, 2.24) is 5.32 Å². The van der Waals surface area contributed by atoms with Crippen molar-refractivity contribution >= 4 is 0 Å². The Labute approximate surface area is 85.3 Å². The van der Waals surface area contributed by atoms with Crippen LogP contribution in [-0.2, 0) is 0 Å². The van der Waals surface area contributed by atoms with Crippen molar-refractivity contribution < 1.29 is 4.74 Å². The average Bonchev–Trinajstić information content (AvgIpc) is 2.25. The molecule has 0 radical (unpaired) electrons. The van der Waals surface area contributed by atoms with E-state index in [-0.39, 0.29) is 6.04 Å². The molecule has 1 aromatic rings. The molecule has 14 heavy (non-hydrogen) atoms. The van der Waals surface area contributed by atoms with Crippen molar-refractivity contribution in [1.29, 1.82) is 0 Å². The number of hydrogen-bond acceptors (Lipinski definition) is 3. The fourth-order valence-electron chi connectivity index (χ4n) is 1.43. The Hall–Kier alpha value is -1.06. The highest BCUT2D eigenvalue weighted by Gasteiger charge is 2.08. The second kappa shape index (κ2) is 5.62. The summed E-state index contributed by atoms with van der Waals surface area (Å²) >= 11 is 0. The molecular weight excluding hydrogens is 176 g/mol. The van der Waals surface area contributed by atoms with Crippen LogP contribution in [0.5, 0.6) is 5.75 Å². The second-order valence-corrected chi connectivity index (χ2v) is 3.21. The number of benzene rings is 1. The summed E-state index contributed by atoms with van der Waals surface area (Å²) in [7, 11) is 1.69. The molecule has 0 fully saturated rings. The van der Waals surface area contributed by atoms with E-state index in [1.807, 2.05) is 18.2 Å². The first kappa shape index (κ1) is 11.0. The van der Waals surface area contributed by atoms with Gasteiger partial charge in [-0.05, 0) is 13.0 Å². The first-order chi connectivity index (χ1) is 6.79. The van der Waals surface area contributed by atoms with Gasteiger partial charge in [-0.2, -0.15) is 0 Å². The highest BCUT2D eigenvalue weighted by molar-refractivity contribution is 5.35. The van der Waals surface area contributed by atoms with Crippen LogP contribution in [-0.4, -0.2) is 20.2 Å². The van der Waals surface area contributed by atoms with Crippen molar-refractivity contribution in [3.63, 3.8) is 0 Å². The lowest BCUT2D eigenvalue weighted by Crippen LogP contribution is -2.25. The van der Waals surface area contributed by atoms with Crippen LogP contribution in [0, 0.1) is 0 Å². The lowest BCUT2D eigenvalue weighted by molar-refractivity contribution is 0.402. The van der Waals surface area contributed by atoms with Crippen molar-refractivity contribution in [2.24, 2.45) is 5.73 Å². The lowest BCUT2D eigenvalue weighted by atomic mass is 10.1. The number of nitrogens with two attached hydrogens (primary N) is 1. The van der Waals surface area contributed by atoms with Crippen LogP contribution < -0.4 is 15.8 Å². The maximum atomic E-state index is 5.43. The van der Waals surface area contributed by atoms with E-state index in [9.17, 15) is 0 Å². The molecule has 78 valence electrons. The third-order valence-electron chi connectivity index (χ3n) is 2.20. The first-order valence-electron chi connectivity index (χ1n) is 4.86. The minimum Gasteiger partial charge on any atom is -0.496 e. The van der Waals surface area contributed by atoms with Gasteiger partial charge in [0.25, 0.3) is 0 Å². The minimum atomic E-state index is 0.273. The predicted molar refractivity (Wildman–Crippen MR) is 58.5 cm³/mol. The Balaban J connectivity index is 2.72. The normalized spacial score (nSPS) is 12.5. The molecule has 1 atom stereocenters. The van der Waals surface area contributed by atoms with Crippen LogP contribution >= 0.6 is 0 Å². The molecule has 1 unspecified atom stereocenters. The summed E-state index contributed by atoms with van der Waals surface area (Å²) in [6.45, 7) is 3.58. The van der Waals surface area contributed by atoms with Gasteiger partial charge in [0, 0.05) is 24.7 Å². The monoisotopic (exact) mass is 194 g/mol. The SMILES string of the molecule is COc1ccccc1C(C)NCCN. The van der Waals surface area contributed by atoms with Gasteiger partial charge in [0.15, 0.2) is 0 Å². The van der Waals surface area contributed by atoms with Gasteiger partial charge in [0.1, 0.15) is 5.75 Å². The van der Waals surface area contributed by atoms with Gasteiger partial charge in [-0.1, -0.05) is 18.2 Å². The van der Waals surface area contributed by atoms with E-state index in [1.54, 1.807) is 7.11 Å². The Bertz CT molecular complexity index is 276. The van der Waals surface area contributed by atoms with Crippen molar-refractivity contribution in [3.8, 4) is 5.75 Å². The van der Waals surface area contributed by atoms with Gasteiger partial charge in [0.05, 0.1) is 7.11 Å². The zero-order valence-corrected chi connectivity index (χ0v) is 8.79. The first-order valence-corrected chi connectivity index (χ1v) is 4.86. The largest absolute Gasteiger partial charge is 0.496 e. The Kier molecular flexibility index (Phi) is 4.43. The van der Waals surface area contributed by atoms with E-state index < -0.39 is 0 Å². The van der Waals surface area contributed by atoms with Gasteiger partial charge >= 0.3 is 0 Å². The number of hydrogen-bond donors (Lipinski definition) is 2. The van der Waals surface area contributed by atoms with E-state index in [0.717, 1.165) is 12.3 Å². The molecular formula is C11H18N2O. The Morgan fingerprint density at radius 3 is 2.79 bits per heavy atom. The van der Waals surface area contributed by atoms with Crippen LogP contribution in [0.15, 0.2) is 24.3 Å². The standard InChI is InChI=1S/C11H18N2O/c1-9(13-8-7-12)10-5-3-4-6-11(10)14-2/h3-6,9,13H,7-8,12H2,1-2H3. The van der Waals surface area contributed by atoms with Gasteiger partial charge < -0.3 is 15.8 Å². The zero-order chi connectivity index (χ0) is 10.4. The molecule has 0 heterocycles. The Morgan fingerprint density at radius 2 is 2.14 bits per heavy atom. The molecule has 0 aliphatic carbocycles. The van der Waals surface area contributed by atoms with Crippen LogP contribution in [0.4, 0.5) is 0 Å². The molecule has 1 rings (SSSR count). The van der Waals surface area contributed by atoms with E-state index in [2.05, 4.69) is 18.3 Å². The number of methoxy groups -OCH3 is 1. The van der Waals surface area contributed by atoms with Crippen molar-refractivity contribution in [3.05, 3.63) is 29.8 Å². The molecule has 0 spiro atoms. The maximum absolute atomic E-state index is 5.43. The van der Waals surface area contributed by atoms with Gasteiger partial charge in [-0.25, -0.2) is 0 Å². The number of para-hydroxylation sites is 1. The lowest BCUT2D eigenvalue weighted by Gasteiger charge is -2.16. The van der Waals surface area contributed by atoms with Crippen LogP contribution in [0.2, 0.25) is 0 Å². The summed E-state index contributed by atoms with van der Waals surface area (Å²) in [5.41, 5.74) is 6.60. The molecule has 0 aliphatic heterocycles. The molecule has 0 aliphatic rings. The van der Waals surface area contributed by atoms with E-state index >= 15 is 0 Å². The highest BCUT2D eigenvalue weighted by atomic mass is 16.5. The third kappa shape index (κ3) is 2.72. The predicted octanol–water partition coefficient (Wildman–Crippen LogP) is 1.30. The molecule has 0 bridgehead atoms. The van der Waals surface area contributed by atoms with Crippen molar-refractivity contribution in [2.75, 3.05) is 20.2 Å². The van der Waals surface area contributed by atoms with E-state index in [4.69, 9.17) is 10.5 Å². The summed E-state index contributed by atoms with van der Waals surface area (Å²) in [6, 6.07) is 8.29. The van der Waals surface area contributed by atoms with E-state index in [0.29, 0.717) is 6.54 Å². The highest BCUT2D eigenvalue weighted by Crippen LogP contribution is 2.23. The number of ether oxygens (including phenoxy) is 1. The molecule has 0 aromatic heterocycles. The van der Waals surface area contributed by atoms with Crippen LogP contribution in [0.1, 0.15) is 18.5 Å². The maximum Gasteiger partial charge on any atom is 0.123 e. The second-order valence-electron chi connectivity index (χ2n) is 3.21. The van der Waals surface area contributed by atoms with Gasteiger partial charge in [-0.15, -0.1) is 0 Å². The molecule has 1 aromatic carbocycles. The third-order valence-corrected chi connectivity index (χ3v) is 2.20. The minimum absolute atomic E-state index is 0.273. The van der Waals surface area contributed by atoms with Crippen molar-refractivity contribution in [2.45, 2.75) is 13.0 Å². The van der Waals surface area contributed by atoms with Crippen LogP contribution in [0.3, 0.4) is 0 Å². The summed E-state index contributed by atoms with van der Waals surface area (Å²) < 4.78 is 5.28. The molecule has 0 saturated carbocycles. The van der Waals surface area contributed by atoms with Gasteiger partial charge in [0.2, 0.25) is 0 Å². The van der Waals surface area contributed by atoms with Crippen LogP contribution in [0.25, 0.3) is 0 Å². The summed E-state index contributed by atoms with van der Waals surface area (Å²) in [5.74, 6) is 0.921. The molecule has 3 N–H and O–H groups in total. The number of nitrogens with one attached hydrogen (secondary N) is 1. The fourth-order valence-corrected chi connectivity index (χ4v) is 1.43. The smallest absolute Gasteiger partial charge is 0.123 e. The molecule has 0 amide bonds. The number of rotatable bonds is 5. The summed E-state index contributed by atoms with van der Waals surface area (Å²) in [4.78, 5) is 0. The van der Waals surface area contributed by atoms with E-state index in [1.165, 1.54) is 5.56 Å². The topological polar surface area (TPSA) is 47.3 Å². The summed E-state index contributed by atoms with van der Waals surface area (Å²) in [5, 5.41) is 3.32.